The summed E-state index contributed by atoms with van der Waals surface area (Å²) in [5, 5.41) is 12.8. The number of carboxylic acid groups (broad SMARTS) is 1. The van der Waals surface area contributed by atoms with Gasteiger partial charge >= 0.3 is 5.97 Å². The lowest BCUT2D eigenvalue weighted by Gasteiger charge is -2.17. The molecule has 0 unspecified atom stereocenters. The maximum atomic E-state index is 12.2. The minimum absolute atomic E-state index is 0.101. The van der Waals surface area contributed by atoms with Gasteiger partial charge in [-0.15, -0.1) is 0 Å². The second-order valence-corrected chi connectivity index (χ2v) is 7.58. The van der Waals surface area contributed by atoms with Crippen molar-refractivity contribution in [1.29, 1.82) is 0 Å². The lowest BCUT2D eigenvalue weighted by Crippen LogP contribution is -2.14. The molecule has 0 bridgehead atoms. The van der Waals surface area contributed by atoms with Gasteiger partial charge in [-0.25, -0.2) is 15.0 Å². The van der Waals surface area contributed by atoms with Gasteiger partial charge < -0.3 is 10.4 Å². The maximum absolute atomic E-state index is 12.2. The molecule has 0 aliphatic carbocycles. The van der Waals surface area contributed by atoms with Crippen molar-refractivity contribution in [2.24, 2.45) is 0 Å². The Hall–Kier alpha value is -2.83. The van der Waals surface area contributed by atoms with E-state index >= 15 is 0 Å². The number of fused-ring (bicyclic) bond motifs is 1. The van der Waals surface area contributed by atoms with Crippen LogP contribution in [0.3, 0.4) is 0 Å². The molecule has 0 fully saturated rings. The Labute approximate surface area is 171 Å². The molecule has 1 aliphatic rings. The van der Waals surface area contributed by atoms with Gasteiger partial charge in [-0.3, -0.25) is 9.59 Å². The standard InChI is InChI=1S/C22H28N4O3/c1-15-24-13-17(14-25-15)20(22(28)29)11-10-19(27)7-3-2-6-18-9-8-16-5-4-12-23-21(16)26-18/h8-9,13-14,20H,2-7,10-12H2,1H3,(H,23,26)(H,28,29)/t20-/m1/s1. The Kier molecular flexibility index (Phi) is 7.27. The van der Waals surface area contributed by atoms with Gasteiger partial charge in [0, 0.05) is 43.0 Å². The topological polar surface area (TPSA) is 105 Å². The minimum atomic E-state index is -0.947. The summed E-state index contributed by atoms with van der Waals surface area (Å²) < 4.78 is 0. The van der Waals surface area contributed by atoms with Crippen LogP contribution in [0.15, 0.2) is 24.5 Å². The quantitative estimate of drug-likeness (QED) is 0.592. The average Bonchev–Trinajstić information content (AvgIpc) is 2.72. The van der Waals surface area contributed by atoms with Crippen LogP contribution in [0.1, 0.15) is 67.1 Å². The fourth-order valence-corrected chi connectivity index (χ4v) is 3.58. The predicted octanol–water partition coefficient (Wildman–Crippen LogP) is 3.47. The van der Waals surface area contributed by atoms with Gasteiger partial charge in [-0.1, -0.05) is 6.07 Å². The van der Waals surface area contributed by atoms with Gasteiger partial charge in [0.15, 0.2) is 0 Å². The monoisotopic (exact) mass is 396 g/mol. The van der Waals surface area contributed by atoms with Gasteiger partial charge in [-0.05, 0) is 57.1 Å². The molecule has 2 N–H and O–H groups in total. The molecule has 154 valence electrons. The largest absolute Gasteiger partial charge is 0.481 e. The number of pyridine rings is 1. The van der Waals surface area contributed by atoms with Crippen LogP contribution < -0.4 is 5.32 Å². The third-order valence-electron chi connectivity index (χ3n) is 5.30. The van der Waals surface area contributed by atoms with Crippen LogP contribution in [0.4, 0.5) is 5.82 Å². The number of ketones is 1. The molecule has 1 atom stereocenters. The molecule has 7 heteroatoms. The highest BCUT2D eigenvalue weighted by atomic mass is 16.4. The fraction of sp³-hybridized carbons (Fsp3) is 0.500. The maximum Gasteiger partial charge on any atom is 0.311 e. The molecular weight excluding hydrogens is 368 g/mol. The fourth-order valence-electron chi connectivity index (χ4n) is 3.58. The van der Waals surface area contributed by atoms with Crippen molar-refractivity contribution in [3.05, 3.63) is 47.2 Å². The molecule has 3 heterocycles. The van der Waals surface area contributed by atoms with Crippen molar-refractivity contribution in [2.45, 2.75) is 64.2 Å². The number of unbranched alkanes of at least 4 members (excludes halogenated alkanes) is 1. The number of anilines is 1. The molecule has 2 aromatic heterocycles. The molecular formula is C22H28N4O3. The summed E-state index contributed by atoms with van der Waals surface area (Å²) in [6, 6.07) is 4.23. The molecule has 0 saturated carbocycles. The van der Waals surface area contributed by atoms with E-state index in [1.165, 1.54) is 18.0 Å². The van der Waals surface area contributed by atoms with Crippen molar-refractivity contribution >= 4 is 17.6 Å². The first-order chi connectivity index (χ1) is 14.0. The van der Waals surface area contributed by atoms with E-state index in [4.69, 9.17) is 0 Å². The van der Waals surface area contributed by atoms with Crippen molar-refractivity contribution in [3.63, 3.8) is 0 Å². The van der Waals surface area contributed by atoms with Gasteiger partial charge in [-0.2, -0.15) is 0 Å². The third-order valence-corrected chi connectivity index (χ3v) is 5.30. The highest BCUT2D eigenvalue weighted by Crippen LogP contribution is 2.22. The first kappa shape index (κ1) is 20.9. The number of hydrogen-bond donors (Lipinski definition) is 2. The SMILES string of the molecule is Cc1ncc([C@@H](CCC(=O)CCCCc2ccc3c(n2)NCCC3)C(=O)O)cn1. The Morgan fingerprint density at radius 3 is 2.72 bits per heavy atom. The summed E-state index contributed by atoms with van der Waals surface area (Å²) >= 11 is 0. The summed E-state index contributed by atoms with van der Waals surface area (Å²) in [5.41, 5.74) is 2.88. The number of aryl methyl sites for hydroxylation is 3. The first-order valence-corrected chi connectivity index (χ1v) is 10.3. The average molecular weight is 396 g/mol. The third kappa shape index (κ3) is 6.07. The molecule has 0 saturated heterocycles. The molecule has 2 aromatic rings. The van der Waals surface area contributed by atoms with Crippen LogP contribution in [0.5, 0.6) is 0 Å². The van der Waals surface area contributed by atoms with E-state index in [1.54, 1.807) is 6.92 Å². The number of nitrogens with zero attached hydrogens (tertiary/aromatic N) is 3. The molecule has 0 spiro atoms. The van der Waals surface area contributed by atoms with Crippen LogP contribution in [-0.2, 0) is 22.4 Å². The highest BCUT2D eigenvalue weighted by molar-refractivity contribution is 5.80. The van der Waals surface area contributed by atoms with Crippen molar-refractivity contribution in [3.8, 4) is 0 Å². The smallest absolute Gasteiger partial charge is 0.311 e. The van der Waals surface area contributed by atoms with Crippen LogP contribution in [-0.4, -0.2) is 38.4 Å². The van der Waals surface area contributed by atoms with Crippen LogP contribution in [0, 0.1) is 6.92 Å². The molecule has 1 aliphatic heterocycles. The van der Waals surface area contributed by atoms with Crippen LogP contribution in [0.2, 0.25) is 0 Å². The van der Waals surface area contributed by atoms with Gasteiger partial charge in [0.25, 0.3) is 0 Å². The number of aromatic nitrogens is 3. The number of nitrogens with one attached hydrogen (secondary N) is 1. The number of Topliss-reactive ketones (excluding diaryl/α,β-unsaturated/α-hetero) is 1. The Morgan fingerprint density at radius 2 is 1.97 bits per heavy atom. The number of carbonyl (C=O) groups is 2. The number of carbonyl (C=O) groups excluding carboxylic acids is 1. The van der Waals surface area contributed by atoms with Crippen molar-refractivity contribution in [2.75, 3.05) is 11.9 Å². The summed E-state index contributed by atoms with van der Waals surface area (Å²) in [4.78, 5) is 36.5. The van der Waals surface area contributed by atoms with E-state index in [0.717, 1.165) is 50.2 Å². The van der Waals surface area contributed by atoms with E-state index in [2.05, 4.69) is 32.4 Å². The van der Waals surface area contributed by atoms with Crippen LogP contribution >= 0.6 is 0 Å². The Bertz CT molecular complexity index is 852. The van der Waals surface area contributed by atoms with E-state index < -0.39 is 11.9 Å². The molecule has 3 rings (SSSR count). The number of hydrogen-bond acceptors (Lipinski definition) is 6. The van der Waals surface area contributed by atoms with E-state index in [-0.39, 0.29) is 18.6 Å². The first-order valence-electron chi connectivity index (χ1n) is 10.3. The van der Waals surface area contributed by atoms with Crippen LogP contribution in [0.25, 0.3) is 0 Å². The van der Waals surface area contributed by atoms with E-state index in [9.17, 15) is 14.7 Å². The second-order valence-electron chi connectivity index (χ2n) is 7.58. The highest BCUT2D eigenvalue weighted by Gasteiger charge is 2.21. The van der Waals surface area contributed by atoms with Crippen molar-refractivity contribution in [1.82, 2.24) is 15.0 Å². The van der Waals surface area contributed by atoms with Gasteiger partial charge in [0.2, 0.25) is 0 Å². The summed E-state index contributed by atoms with van der Waals surface area (Å²) in [6.07, 6.45) is 8.83. The lowest BCUT2D eigenvalue weighted by molar-refractivity contribution is -0.139. The summed E-state index contributed by atoms with van der Waals surface area (Å²) in [6.45, 7) is 2.73. The Morgan fingerprint density at radius 1 is 1.17 bits per heavy atom. The lowest BCUT2D eigenvalue weighted by atomic mass is 9.94. The zero-order chi connectivity index (χ0) is 20.6. The van der Waals surface area contributed by atoms with Crippen molar-refractivity contribution < 1.29 is 14.7 Å². The summed E-state index contributed by atoms with van der Waals surface area (Å²) in [5.74, 6) is 0.0104. The minimum Gasteiger partial charge on any atom is -0.481 e. The zero-order valence-electron chi connectivity index (χ0n) is 16.9. The summed E-state index contributed by atoms with van der Waals surface area (Å²) in [7, 11) is 0. The molecule has 7 nitrogen and oxygen atoms in total. The number of carboxylic acids is 1. The number of aliphatic carboxylic acids is 1. The normalized spacial score (nSPS) is 14.0. The van der Waals surface area contributed by atoms with Gasteiger partial charge in [0.1, 0.15) is 17.4 Å². The molecule has 29 heavy (non-hydrogen) atoms. The molecule has 0 radical (unpaired) electrons. The van der Waals surface area contributed by atoms with E-state index in [0.29, 0.717) is 17.8 Å². The Balaban J connectivity index is 1.40. The molecule has 0 amide bonds. The number of rotatable bonds is 10. The zero-order valence-corrected chi connectivity index (χ0v) is 16.9. The van der Waals surface area contributed by atoms with Gasteiger partial charge in [0.05, 0.1) is 5.92 Å². The van der Waals surface area contributed by atoms with E-state index in [1.807, 2.05) is 0 Å². The molecule has 0 aromatic carbocycles. The second kappa shape index (κ2) is 10.1. The predicted molar refractivity (Wildman–Crippen MR) is 110 cm³/mol.